The van der Waals surface area contributed by atoms with Gasteiger partial charge >= 0.3 is 11.9 Å². The zero-order valence-electron chi connectivity index (χ0n) is 21.9. The lowest BCUT2D eigenvalue weighted by atomic mass is 10.1. The normalized spacial score (nSPS) is 11.4. The van der Waals surface area contributed by atoms with Crippen molar-refractivity contribution >= 4 is 67.0 Å². The molecule has 0 aliphatic heterocycles. The fourth-order valence-electron chi connectivity index (χ4n) is 3.67. The van der Waals surface area contributed by atoms with E-state index >= 15 is 0 Å². The Morgan fingerprint density at radius 2 is 1.78 bits per heavy atom. The van der Waals surface area contributed by atoms with Crippen LogP contribution in [0, 0.1) is 6.92 Å². The molecule has 0 bridgehead atoms. The SMILES string of the molecule is CCOC(=O)c1sc(NC(=O)CSc2nc3c(cnn3-c3ccc(S(N)(=O)=O)cc3)c(=O)[nH]2)c(C(=O)OCC)c1C. The topological polar surface area (TPSA) is 205 Å². The number of primary sulfonamides is 1. The second kappa shape index (κ2) is 12.2. The number of nitrogens with one attached hydrogen (secondary N) is 2. The van der Waals surface area contributed by atoms with Crippen LogP contribution in [0.25, 0.3) is 16.7 Å². The molecule has 0 aliphatic rings. The van der Waals surface area contributed by atoms with Crippen molar-refractivity contribution in [3.63, 3.8) is 0 Å². The monoisotopic (exact) mass is 620 g/mol. The number of thioether (sulfide) groups is 1. The molecule has 3 aromatic heterocycles. The Kier molecular flexibility index (Phi) is 8.91. The van der Waals surface area contributed by atoms with Gasteiger partial charge in [-0.25, -0.2) is 32.8 Å². The van der Waals surface area contributed by atoms with Gasteiger partial charge in [0.25, 0.3) is 5.56 Å². The molecular formula is C24H24N6O8S3. The number of hydrogen-bond donors (Lipinski definition) is 3. The van der Waals surface area contributed by atoms with Crippen LogP contribution in [0.1, 0.15) is 39.4 Å². The third kappa shape index (κ3) is 6.48. The maximum absolute atomic E-state index is 12.8. The van der Waals surface area contributed by atoms with Crippen molar-refractivity contribution in [3.05, 3.63) is 56.8 Å². The lowest BCUT2D eigenvalue weighted by Crippen LogP contribution is -2.17. The standard InChI is InChI=1S/C24H24N6O8S3/c1-4-37-22(33)17-12(3)18(23(34)38-5-2)40-21(17)27-16(31)11-39-24-28-19-15(20(32)29-24)10-26-30(19)13-6-8-14(9-7-13)41(25,35)36/h6-10H,4-5,11H2,1-3H3,(H,27,31)(H2,25,35,36)(H,28,29,32). The second-order valence-corrected chi connectivity index (χ2v) is 11.8. The second-order valence-electron chi connectivity index (χ2n) is 8.24. The summed E-state index contributed by atoms with van der Waals surface area (Å²) in [6, 6.07) is 5.53. The number of sulfonamides is 1. The molecule has 41 heavy (non-hydrogen) atoms. The predicted molar refractivity (Wildman–Crippen MR) is 151 cm³/mol. The molecule has 4 N–H and O–H groups in total. The Balaban J connectivity index is 1.56. The van der Waals surface area contributed by atoms with E-state index in [1.165, 1.54) is 35.1 Å². The van der Waals surface area contributed by atoms with Crippen molar-refractivity contribution < 1.29 is 32.3 Å². The first kappa shape index (κ1) is 29.9. The largest absolute Gasteiger partial charge is 0.462 e. The number of fused-ring (bicyclic) bond motifs is 1. The Morgan fingerprint density at radius 3 is 2.41 bits per heavy atom. The number of rotatable bonds is 10. The number of carbonyl (C=O) groups excluding carboxylic acids is 3. The van der Waals surface area contributed by atoms with Gasteiger partial charge in [0, 0.05) is 0 Å². The summed E-state index contributed by atoms with van der Waals surface area (Å²) in [6.45, 7) is 5.09. The molecule has 0 radical (unpaired) electrons. The average Bonchev–Trinajstić information content (AvgIpc) is 3.48. The lowest BCUT2D eigenvalue weighted by molar-refractivity contribution is -0.113. The van der Waals surface area contributed by atoms with Gasteiger partial charge < -0.3 is 19.8 Å². The summed E-state index contributed by atoms with van der Waals surface area (Å²) in [4.78, 5) is 57.5. The Labute approximate surface area is 241 Å². The fourth-order valence-corrected chi connectivity index (χ4v) is 5.95. The van der Waals surface area contributed by atoms with E-state index in [4.69, 9.17) is 14.6 Å². The maximum Gasteiger partial charge on any atom is 0.348 e. The van der Waals surface area contributed by atoms with Gasteiger partial charge in [0.1, 0.15) is 15.3 Å². The molecule has 0 spiro atoms. The smallest absolute Gasteiger partial charge is 0.348 e. The summed E-state index contributed by atoms with van der Waals surface area (Å²) in [5.41, 5.74) is 0.497. The summed E-state index contributed by atoms with van der Waals surface area (Å²) in [7, 11) is -3.89. The number of thiophene rings is 1. The number of benzene rings is 1. The van der Waals surface area contributed by atoms with Crippen LogP contribution in [0.3, 0.4) is 0 Å². The van der Waals surface area contributed by atoms with Gasteiger partial charge in [0.15, 0.2) is 10.8 Å². The Hall–Kier alpha value is -4.06. The van der Waals surface area contributed by atoms with Crippen molar-refractivity contribution in [1.82, 2.24) is 19.7 Å². The van der Waals surface area contributed by atoms with E-state index in [0.717, 1.165) is 23.1 Å². The highest BCUT2D eigenvalue weighted by molar-refractivity contribution is 7.99. The zero-order valence-corrected chi connectivity index (χ0v) is 24.4. The van der Waals surface area contributed by atoms with Crippen LogP contribution in [-0.4, -0.2) is 65.0 Å². The number of hydrogen-bond acceptors (Lipinski definition) is 12. The van der Waals surface area contributed by atoms with Crippen LogP contribution in [0.15, 0.2) is 45.3 Å². The zero-order chi connectivity index (χ0) is 29.9. The number of nitrogens with zero attached hydrogens (tertiary/aromatic N) is 3. The molecule has 1 aromatic carbocycles. The van der Waals surface area contributed by atoms with Crippen molar-refractivity contribution in [3.8, 4) is 5.69 Å². The van der Waals surface area contributed by atoms with E-state index in [0.29, 0.717) is 11.3 Å². The Morgan fingerprint density at radius 1 is 1.12 bits per heavy atom. The van der Waals surface area contributed by atoms with Crippen LogP contribution in [0.5, 0.6) is 0 Å². The van der Waals surface area contributed by atoms with Crippen molar-refractivity contribution in [2.45, 2.75) is 30.8 Å². The van der Waals surface area contributed by atoms with Gasteiger partial charge in [0.2, 0.25) is 15.9 Å². The van der Waals surface area contributed by atoms with Crippen molar-refractivity contribution in [1.29, 1.82) is 0 Å². The van der Waals surface area contributed by atoms with Crippen molar-refractivity contribution in [2.24, 2.45) is 5.14 Å². The number of ether oxygens (including phenoxy) is 2. The molecule has 0 saturated heterocycles. The summed E-state index contributed by atoms with van der Waals surface area (Å²) >= 11 is 1.82. The first-order valence-electron chi connectivity index (χ1n) is 12.0. The van der Waals surface area contributed by atoms with Crippen LogP contribution >= 0.6 is 23.1 Å². The quantitative estimate of drug-likeness (QED) is 0.133. The highest BCUT2D eigenvalue weighted by Gasteiger charge is 2.27. The molecule has 0 unspecified atom stereocenters. The summed E-state index contributed by atoms with van der Waals surface area (Å²) in [6.07, 6.45) is 1.31. The first-order chi connectivity index (χ1) is 19.4. The van der Waals surface area contributed by atoms with Crippen LogP contribution < -0.4 is 16.0 Å². The molecular weight excluding hydrogens is 596 g/mol. The number of H-pyrrole nitrogens is 1. The van der Waals surface area contributed by atoms with Gasteiger partial charge in [-0.15, -0.1) is 11.3 Å². The number of aromatic amines is 1. The van der Waals surface area contributed by atoms with E-state index in [2.05, 4.69) is 20.4 Å². The minimum absolute atomic E-state index is 0.0589. The number of amides is 1. The lowest BCUT2D eigenvalue weighted by Gasteiger charge is -2.07. The Bertz CT molecular complexity index is 1810. The minimum Gasteiger partial charge on any atom is -0.462 e. The highest BCUT2D eigenvalue weighted by Crippen LogP contribution is 2.34. The molecule has 0 fully saturated rings. The summed E-state index contributed by atoms with van der Waals surface area (Å²) in [5.74, 6) is -2.06. The minimum atomic E-state index is -3.89. The van der Waals surface area contributed by atoms with Crippen molar-refractivity contribution in [2.75, 3.05) is 24.3 Å². The van der Waals surface area contributed by atoms with E-state index in [9.17, 15) is 27.6 Å². The molecule has 0 atom stereocenters. The first-order valence-corrected chi connectivity index (χ1v) is 15.3. The molecule has 4 rings (SSSR count). The number of aromatic nitrogens is 4. The predicted octanol–water partition coefficient (Wildman–Crippen LogP) is 2.21. The van der Waals surface area contributed by atoms with E-state index in [1.54, 1.807) is 20.8 Å². The molecule has 14 nitrogen and oxygen atoms in total. The van der Waals surface area contributed by atoms with Crippen LogP contribution in [0.2, 0.25) is 0 Å². The van der Waals surface area contributed by atoms with E-state index < -0.39 is 33.4 Å². The maximum atomic E-state index is 12.8. The van der Waals surface area contributed by atoms with E-state index in [-0.39, 0.29) is 55.5 Å². The number of nitrogens with two attached hydrogens (primary N) is 1. The average molecular weight is 621 g/mol. The van der Waals surface area contributed by atoms with Crippen LogP contribution in [-0.2, 0) is 24.3 Å². The number of esters is 2. The fraction of sp³-hybridized carbons (Fsp3) is 0.250. The molecule has 216 valence electrons. The molecule has 1 amide bonds. The van der Waals surface area contributed by atoms with Gasteiger partial charge in [0.05, 0.1) is 41.3 Å². The van der Waals surface area contributed by atoms with Gasteiger partial charge in [-0.2, -0.15) is 5.10 Å². The van der Waals surface area contributed by atoms with E-state index in [1.807, 2.05) is 0 Å². The van der Waals surface area contributed by atoms with Crippen LogP contribution in [0.4, 0.5) is 5.00 Å². The molecule has 0 saturated carbocycles. The number of anilines is 1. The van der Waals surface area contributed by atoms with Gasteiger partial charge in [-0.1, -0.05) is 11.8 Å². The van der Waals surface area contributed by atoms with Gasteiger partial charge in [-0.3, -0.25) is 9.59 Å². The number of carbonyl (C=O) groups is 3. The third-order valence-corrected chi connectivity index (χ3v) is 8.50. The summed E-state index contributed by atoms with van der Waals surface area (Å²) in [5, 5.41) is 12.4. The molecule has 4 aromatic rings. The molecule has 3 heterocycles. The molecule has 17 heteroatoms. The summed E-state index contributed by atoms with van der Waals surface area (Å²) < 4.78 is 34.6. The van der Waals surface area contributed by atoms with Gasteiger partial charge in [-0.05, 0) is 50.6 Å². The third-order valence-electron chi connectivity index (χ3n) is 5.51. The molecule has 0 aliphatic carbocycles. The highest BCUT2D eigenvalue weighted by atomic mass is 32.2.